The summed E-state index contributed by atoms with van der Waals surface area (Å²) in [6.45, 7) is 3.90. The molecule has 0 aromatic heterocycles. The Balaban J connectivity index is 3.03. The highest BCUT2D eigenvalue weighted by molar-refractivity contribution is 6.36. The van der Waals surface area contributed by atoms with E-state index >= 15 is 0 Å². The van der Waals surface area contributed by atoms with E-state index in [9.17, 15) is 13.6 Å². The van der Waals surface area contributed by atoms with Crippen LogP contribution in [-0.4, -0.2) is 28.1 Å². The number of ether oxygens (including phenoxy) is 1. The number of carbonyl (C=O) groups is 1. The maximum Gasteiger partial charge on any atom is 0.330 e. The number of alkyl halides is 2. The van der Waals surface area contributed by atoms with E-state index < -0.39 is 15.6 Å². The summed E-state index contributed by atoms with van der Waals surface area (Å²) >= 11 is 0. The van der Waals surface area contributed by atoms with Gasteiger partial charge in [-0.2, -0.15) is 0 Å². The minimum absolute atomic E-state index is 0.318. The van der Waals surface area contributed by atoms with Crippen LogP contribution in [-0.2, 0) is 9.53 Å². The molecule has 0 radical (unpaired) electrons. The topological polar surface area (TPSA) is 26.3 Å². The molecule has 0 aliphatic rings. The fourth-order valence-corrected chi connectivity index (χ4v) is 4.41. The van der Waals surface area contributed by atoms with Crippen LogP contribution in [0.2, 0.25) is 6.04 Å². The van der Waals surface area contributed by atoms with Crippen LogP contribution in [0.3, 0.4) is 0 Å². The van der Waals surface area contributed by atoms with Gasteiger partial charge in [-0.05, 0) is 6.42 Å². The average molecular weight is 419 g/mol. The molecule has 0 amide bonds. The molecule has 28 heavy (non-hydrogen) atoms. The number of hydrogen-bond donors (Lipinski definition) is 0. The van der Waals surface area contributed by atoms with E-state index in [4.69, 9.17) is 4.74 Å². The first-order chi connectivity index (χ1) is 13.7. The van der Waals surface area contributed by atoms with E-state index in [0.717, 1.165) is 31.7 Å². The predicted molar refractivity (Wildman–Crippen MR) is 119 cm³/mol. The summed E-state index contributed by atoms with van der Waals surface area (Å²) < 4.78 is 29.0. The van der Waals surface area contributed by atoms with Crippen molar-refractivity contribution >= 4 is 15.5 Å². The van der Waals surface area contributed by atoms with Crippen molar-refractivity contribution in [3.05, 3.63) is 12.7 Å². The Hall–Kier alpha value is -0.713. The van der Waals surface area contributed by atoms with Gasteiger partial charge in [-0.3, -0.25) is 0 Å². The summed E-state index contributed by atoms with van der Waals surface area (Å²) in [5.74, 6) is -0.318. The van der Waals surface area contributed by atoms with Crippen molar-refractivity contribution in [1.29, 1.82) is 0 Å². The van der Waals surface area contributed by atoms with Crippen LogP contribution in [0.5, 0.6) is 0 Å². The Bertz CT molecular complexity index is 351. The zero-order chi connectivity index (χ0) is 20.7. The first kappa shape index (κ1) is 27.3. The predicted octanol–water partition coefficient (Wildman–Crippen LogP) is 7.16. The zero-order valence-corrected chi connectivity index (χ0v) is 19.5. The standard InChI is InChI=1S/C23H44F2O2Si/c1-2-22(26)27-20-18-16-14-12-10-8-6-4-3-5-7-9-11-13-15-17-19-21-28-23(24)25/h2,23H,1,3-21,28H2. The second-order valence-corrected chi connectivity index (χ2v) is 9.82. The Morgan fingerprint density at radius 2 is 1.07 bits per heavy atom. The van der Waals surface area contributed by atoms with Crippen molar-refractivity contribution in [2.24, 2.45) is 0 Å². The number of unbranched alkanes of at least 4 members (excludes halogenated alkanes) is 16. The minimum Gasteiger partial charge on any atom is -0.463 e. The van der Waals surface area contributed by atoms with E-state index in [1.54, 1.807) is 0 Å². The van der Waals surface area contributed by atoms with Crippen LogP contribution >= 0.6 is 0 Å². The summed E-state index contributed by atoms with van der Waals surface area (Å²) in [7, 11) is -1.08. The minimum atomic E-state index is -1.98. The number of halogens is 2. The van der Waals surface area contributed by atoms with Gasteiger partial charge in [0.15, 0.2) is 0 Å². The van der Waals surface area contributed by atoms with Crippen molar-refractivity contribution in [2.45, 2.75) is 121 Å². The lowest BCUT2D eigenvalue weighted by atomic mass is 10.0. The Kier molecular flexibility index (Phi) is 22.0. The Morgan fingerprint density at radius 1 is 0.714 bits per heavy atom. The van der Waals surface area contributed by atoms with Crippen molar-refractivity contribution < 1.29 is 18.3 Å². The molecule has 0 rings (SSSR count). The Labute approximate surface area is 174 Å². The third-order valence-electron chi connectivity index (χ3n) is 5.23. The van der Waals surface area contributed by atoms with Crippen molar-refractivity contribution in [1.82, 2.24) is 0 Å². The molecule has 0 bridgehead atoms. The van der Waals surface area contributed by atoms with Crippen molar-refractivity contribution in [3.63, 3.8) is 0 Å². The molecule has 0 N–H and O–H groups in total. The van der Waals surface area contributed by atoms with Crippen LogP contribution in [0.4, 0.5) is 8.78 Å². The van der Waals surface area contributed by atoms with Crippen molar-refractivity contribution in [3.8, 4) is 0 Å². The van der Waals surface area contributed by atoms with E-state index in [2.05, 4.69) is 6.58 Å². The summed E-state index contributed by atoms with van der Waals surface area (Å²) in [4.78, 5) is 10.9. The number of carbonyl (C=O) groups excluding carboxylic acids is 1. The van der Waals surface area contributed by atoms with Crippen LogP contribution < -0.4 is 0 Å². The van der Waals surface area contributed by atoms with Gasteiger partial charge in [-0.1, -0.05) is 115 Å². The summed E-state index contributed by atoms with van der Waals surface area (Å²) in [5.41, 5.74) is 0. The zero-order valence-electron chi connectivity index (χ0n) is 18.1. The second kappa shape index (κ2) is 22.6. The van der Waals surface area contributed by atoms with Gasteiger partial charge >= 0.3 is 5.97 Å². The molecular weight excluding hydrogens is 374 g/mol. The van der Waals surface area contributed by atoms with Crippen LogP contribution in [0.25, 0.3) is 0 Å². The monoisotopic (exact) mass is 418 g/mol. The highest BCUT2D eigenvalue weighted by Crippen LogP contribution is 2.14. The molecule has 0 atom stereocenters. The summed E-state index contributed by atoms with van der Waals surface area (Å²) in [5, 5.41) is 0. The number of rotatable bonds is 22. The van der Waals surface area contributed by atoms with E-state index in [0.29, 0.717) is 6.61 Å². The maximum atomic E-state index is 12.0. The molecule has 0 aliphatic carbocycles. The highest BCUT2D eigenvalue weighted by Gasteiger charge is 2.02. The molecule has 0 aliphatic heterocycles. The van der Waals surface area contributed by atoms with Crippen LogP contribution in [0.1, 0.15) is 109 Å². The largest absolute Gasteiger partial charge is 0.463 e. The van der Waals surface area contributed by atoms with Crippen LogP contribution in [0, 0.1) is 0 Å². The normalized spacial score (nSPS) is 11.5. The molecule has 0 aromatic rings. The van der Waals surface area contributed by atoms with Gasteiger partial charge in [0.1, 0.15) is 9.52 Å². The molecule has 0 saturated heterocycles. The molecule has 0 heterocycles. The average Bonchev–Trinajstić information content (AvgIpc) is 2.68. The van der Waals surface area contributed by atoms with Gasteiger partial charge in [0.05, 0.1) is 6.61 Å². The van der Waals surface area contributed by atoms with Gasteiger partial charge in [-0.15, -0.1) is 0 Å². The SMILES string of the molecule is C=CC(=O)OCCCCCCCCCCCCCCCCCCC[SiH2]C(F)F. The molecule has 0 spiro atoms. The van der Waals surface area contributed by atoms with Crippen LogP contribution in [0.15, 0.2) is 12.7 Å². The summed E-state index contributed by atoms with van der Waals surface area (Å²) in [6, 6.07) is -1.16. The molecule has 2 nitrogen and oxygen atoms in total. The maximum absolute atomic E-state index is 12.0. The van der Waals surface area contributed by atoms with Gasteiger partial charge < -0.3 is 4.74 Å². The molecule has 0 unspecified atom stereocenters. The quantitative estimate of drug-likeness (QED) is 0.0807. The lowest BCUT2D eigenvalue weighted by Crippen LogP contribution is -2.02. The lowest BCUT2D eigenvalue weighted by molar-refractivity contribution is -0.137. The van der Waals surface area contributed by atoms with Gasteiger partial charge in [0, 0.05) is 6.08 Å². The first-order valence-corrected chi connectivity index (χ1v) is 13.6. The third-order valence-corrected chi connectivity index (χ3v) is 6.57. The fraction of sp³-hybridized carbons (Fsp3) is 0.870. The van der Waals surface area contributed by atoms with Crippen molar-refractivity contribution in [2.75, 3.05) is 6.61 Å². The molecule has 166 valence electrons. The van der Waals surface area contributed by atoms with E-state index in [1.165, 1.54) is 89.5 Å². The number of hydrogen-bond acceptors (Lipinski definition) is 2. The molecule has 0 aromatic carbocycles. The Morgan fingerprint density at radius 3 is 1.43 bits per heavy atom. The molecular formula is C23H44F2O2Si. The summed E-state index contributed by atoms with van der Waals surface area (Å²) in [6.07, 6.45) is 22.7. The van der Waals surface area contributed by atoms with Gasteiger partial charge in [-0.25, -0.2) is 13.6 Å². The number of esters is 1. The van der Waals surface area contributed by atoms with E-state index in [1.807, 2.05) is 0 Å². The molecule has 0 fully saturated rings. The fourth-order valence-electron chi connectivity index (χ4n) is 3.46. The smallest absolute Gasteiger partial charge is 0.330 e. The second-order valence-electron chi connectivity index (χ2n) is 7.92. The highest BCUT2D eigenvalue weighted by atomic mass is 28.2. The lowest BCUT2D eigenvalue weighted by Gasteiger charge is -2.04. The third kappa shape index (κ3) is 23.3. The first-order valence-electron chi connectivity index (χ1n) is 11.7. The van der Waals surface area contributed by atoms with E-state index in [-0.39, 0.29) is 5.97 Å². The molecule has 5 heteroatoms. The van der Waals surface area contributed by atoms with Gasteiger partial charge in [0.2, 0.25) is 6.05 Å². The molecule has 0 saturated carbocycles. The van der Waals surface area contributed by atoms with Gasteiger partial charge in [0.25, 0.3) is 0 Å².